The minimum absolute atomic E-state index is 0.346. The van der Waals surface area contributed by atoms with Crippen molar-refractivity contribution in [1.29, 1.82) is 0 Å². The molecule has 19 heavy (non-hydrogen) atoms. The Labute approximate surface area is 122 Å². The van der Waals surface area contributed by atoms with Crippen LogP contribution in [-0.4, -0.2) is 21.5 Å². The SMILES string of the molecule is CCc1nc(Cl)c(C)c(NCC(C)c2nccs2)n1. The van der Waals surface area contributed by atoms with Gasteiger partial charge in [-0.05, 0) is 6.92 Å². The molecule has 1 atom stereocenters. The Kier molecular flexibility index (Phi) is 4.71. The predicted molar refractivity (Wildman–Crippen MR) is 80.2 cm³/mol. The van der Waals surface area contributed by atoms with Crippen LogP contribution in [0.25, 0.3) is 0 Å². The molecule has 2 aromatic heterocycles. The van der Waals surface area contributed by atoms with E-state index in [1.165, 1.54) is 0 Å². The average Bonchev–Trinajstić information content (AvgIpc) is 2.94. The first kappa shape index (κ1) is 14.2. The lowest BCUT2D eigenvalue weighted by Crippen LogP contribution is -2.13. The number of thiazole rings is 1. The van der Waals surface area contributed by atoms with Crippen LogP contribution in [0.3, 0.4) is 0 Å². The van der Waals surface area contributed by atoms with Crippen LogP contribution in [0.4, 0.5) is 5.82 Å². The van der Waals surface area contributed by atoms with Crippen LogP contribution in [0.1, 0.15) is 36.2 Å². The molecule has 2 heterocycles. The molecule has 0 aliphatic heterocycles. The third-order valence-corrected chi connectivity index (χ3v) is 4.27. The molecule has 2 aromatic rings. The number of rotatable bonds is 5. The molecule has 6 heteroatoms. The van der Waals surface area contributed by atoms with Crippen molar-refractivity contribution in [3.63, 3.8) is 0 Å². The summed E-state index contributed by atoms with van der Waals surface area (Å²) in [5, 5.41) is 6.99. The van der Waals surface area contributed by atoms with E-state index in [1.54, 1.807) is 11.3 Å². The topological polar surface area (TPSA) is 50.7 Å². The Bertz CT molecular complexity index is 542. The van der Waals surface area contributed by atoms with Gasteiger partial charge in [0.2, 0.25) is 0 Å². The molecule has 0 saturated heterocycles. The van der Waals surface area contributed by atoms with Gasteiger partial charge in [0, 0.05) is 36.0 Å². The van der Waals surface area contributed by atoms with E-state index in [1.807, 2.05) is 25.4 Å². The summed E-state index contributed by atoms with van der Waals surface area (Å²) in [6.45, 7) is 6.87. The van der Waals surface area contributed by atoms with E-state index in [0.717, 1.165) is 35.2 Å². The summed E-state index contributed by atoms with van der Waals surface area (Å²) in [5.41, 5.74) is 0.894. The fourth-order valence-corrected chi connectivity index (χ4v) is 2.56. The maximum absolute atomic E-state index is 6.11. The third kappa shape index (κ3) is 3.42. The number of anilines is 1. The van der Waals surface area contributed by atoms with E-state index < -0.39 is 0 Å². The van der Waals surface area contributed by atoms with E-state index >= 15 is 0 Å². The van der Waals surface area contributed by atoms with Crippen LogP contribution < -0.4 is 5.32 Å². The second-order valence-electron chi connectivity index (χ2n) is 4.41. The first-order chi connectivity index (χ1) is 9.11. The molecule has 0 spiro atoms. The molecule has 0 fully saturated rings. The highest BCUT2D eigenvalue weighted by Gasteiger charge is 2.12. The minimum Gasteiger partial charge on any atom is -0.369 e. The maximum atomic E-state index is 6.11. The number of nitrogens with zero attached hydrogens (tertiary/aromatic N) is 3. The highest BCUT2D eigenvalue weighted by atomic mass is 35.5. The fourth-order valence-electron chi connectivity index (χ4n) is 1.68. The van der Waals surface area contributed by atoms with Crippen LogP contribution in [0.15, 0.2) is 11.6 Å². The molecule has 102 valence electrons. The van der Waals surface area contributed by atoms with E-state index in [0.29, 0.717) is 11.1 Å². The van der Waals surface area contributed by atoms with Crippen LogP contribution in [0, 0.1) is 6.92 Å². The van der Waals surface area contributed by atoms with Crippen molar-refractivity contribution in [3.8, 4) is 0 Å². The molecule has 0 radical (unpaired) electrons. The van der Waals surface area contributed by atoms with Gasteiger partial charge < -0.3 is 5.32 Å². The lowest BCUT2D eigenvalue weighted by atomic mass is 10.2. The van der Waals surface area contributed by atoms with E-state index in [2.05, 4.69) is 27.2 Å². The summed E-state index contributed by atoms with van der Waals surface area (Å²) in [7, 11) is 0. The van der Waals surface area contributed by atoms with Gasteiger partial charge in [-0.1, -0.05) is 25.4 Å². The zero-order valence-electron chi connectivity index (χ0n) is 11.3. The van der Waals surface area contributed by atoms with Gasteiger partial charge in [-0.2, -0.15) is 0 Å². The summed E-state index contributed by atoms with van der Waals surface area (Å²) < 4.78 is 0. The van der Waals surface area contributed by atoms with Gasteiger partial charge in [0.15, 0.2) is 0 Å². The van der Waals surface area contributed by atoms with Gasteiger partial charge >= 0.3 is 0 Å². The van der Waals surface area contributed by atoms with Gasteiger partial charge in [-0.25, -0.2) is 15.0 Å². The highest BCUT2D eigenvalue weighted by molar-refractivity contribution is 7.09. The van der Waals surface area contributed by atoms with Gasteiger partial charge in [0.05, 0.1) is 5.01 Å². The Balaban J connectivity index is 2.09. The monoisotopic (exact) mass is 296 g/mol. The van der Waals surface area contributed by atoms with Crippen LogP contribution in [-0.2, 0) is 6.42 Å². The van der Waals surface area contributed by atoms with Crippen LogP contribution in [0.2, 0.25) is 5.15 Å². The quantitative estimate of drug-likeness (QED) is 0.855. The molecule has 0 saturated carbocycles. The van der Waals surface area contributed by atoms with E-state index in [9.17, 15) is 0 Å². The first-order valence-corrected chi connectivity index (χ1v) is 7.53. The third-order valence-electron chi connectivity index (χ3n) is 2.90. The number of aryl methyl sites for hydroxylation is 1. The fraction of sp³-hybridized carbons (Fsp3) is 0.462. The molecule has 0 bridgehead atoms. The normalized spacial score (nSPS) is 12.4. The smallest absolute Gasteiger partial charge is 0.137 e. The van der Waals surface area contributed by atoms with Crippen LogP contribution >= 0.6 is 22.9 Å². The summed E-state index contributed by atoms with van der Waals surface area (Å²) >= 11 is 7.78. The van der Waals surface area contributed by atoms with Crippen molar-refractivity contribution < 1.29 is 0 Å². The molecule has 0 aliphatic carbocycles. The standard InChI is InChI=1S/C13H17ClN4S/c1-4-10-17-11(14)9(3)12(18-10)16-7-8(2)13-15-5-6-19-13/h5-6,8H,4,7H2,1-3H3,(H,16,17,18). The molecule has 1 N–H and O–H groups in total. The molecule has 0 amide bonds. The number of nitrogens with one attached hydrogen (secondary N) is 1. The Morgan fingerprint density at radius 1 is 1.42 bits per heavy atom. The molecular weight excluding hydrogens is 280 g/mol. The predicted octanol–water partition coefficient (Wildman–Crippen LogP) is 3.67. The molecule has 2 rings (SSSR count). The average molecular weight is 297 g/mol. The zero-order valence-corrected chi connectivity index (χ0v) is 12.8. The molecule has 1 unspecified atom stereocenters. The van der Waals surface area contributed by atoms with Crippen molar-refractivity contribution >= 4 is 28.8 Å². The molecule has 0 aliphatic rings. The van der Waals surface area contributed by atoms with Crippen molar-refractivity contribution in [2.24, 2.45) is 0 Å². The largest absolute Gasteiger partial charge is 0.369 e. The lowest BCUT2D eigenvalue weighted by molar-refractivity contribution is 0.787. The zero-order chi connectivity index (χ0) is 13.8. The summed E-state index contributed by atoms with van der Waals surface area (Å²) in [6, 6.07) is 0. The Hall–Kier alpha value is -1.20. The lowest BCUT2D eigenvalue weighted by Gasteiger charge is -2.13. The van der Waals surface area contributed by atoms with Crippen LogP contribution in [0.5, 0.6) is 0 Å². The second-order valence-corrected chi connectivity index (χ2v) is 5.69. The number of aromatic nitrogens is 3. The summed E-state index contributed by atoms with van der Waals surface area (Å²) in [5.74, 6) is 1.93. The van der Waals surface area contributed by atoms with Crippen molar-refractivity contribution in [1.82, 2.24) is 15.0 Å². The Morgan fingerprint density at radius 2 is 2.21 bits per heavy atom. The molecule has 0 aromatic carbocycles. The van der Waals surface area contributed by atoms with Crippen molar-refractivity contribution in [2.75, 3.05) is 11.9 Å². The van der Waals surface area contributed by atoms with Gasteiger partial charge in [-0.3, -0.25) is 0 Å². The Morgan fingerprint density at radius 3 is 2.84 bits per heavy atom. The highest BCUT2D eigenvalue weighted by Crippen LogP contribution is 2.22. The number of hydrogen-bond donors (Lipinski definition) is 1. The van der Waals surface area contributed by atoms with E-state index in [-0.39, 0.29) is 0 Å². The second kappa shape index (κ2) is 6.30. The summed E-state index contributed by atoms with van der Waals surface area (Å²) in [6.07, 6.45) is 2.61. The number of halogens is 1. The van der Waals surface area contributed by atoms with Gasteiger partial charge in [-0.15, -0.1) is 11.3 Å². The van der Waals surface area contributed by atoms with E-state index in [4.69, 9.17) is 11.6 Å². The summed E-state index contributed by atoms with van der Waals surface area (Å²) in [4.78, 5) is 13.0. The van der Waals surface area contributed by atoms with Gasteiger partial charge in [0.1, 0.15) is 16.8 Å². The van der Waals surface area contributed by atoms with Crippen molar-refractivity contribution in [3.05, 3.63) is 33.1 Å². The first-order valence-electron chi connectivity index (χ1n) is 6.28. The molecular formula is C13H17ClN4S. The number of hydrogen-bond acceptors (Lipinski definition) is 5. The van der Waals surface area contributed by atoms with Gasteiger partial charge in [0.25, 0.3) is 0 Å². The minimum atomic E-state index is 0.346. The molecule has 4 nitrogen and oxygen atoms in total. The maximum Gasteiger partial charge on any atom is 0.137 e. The van der Waals surface area contributed by atoms with Crippen molar-refractivity contribution in [2.45, 2.75) is 33.1 Å².